The Kier molecular flexibility index (Phi) is 3.55. The van der Waals surface area contributed by atoms with E-state index in [-0.39, 0.29) is 16.8 Å². The molecule has 4 aliphatic carbocycles. The minimum Gasteiger partial charge on any atom is -0.406 e. The van der Waals surface area contributed by atoms with Gasteiger partial charge < -0.3 is 4.74 Å². The molecule has 0 amide bonds. The fourth-order valence-electron chi connectivity index (χ4n) is 6.08. The van der Waals surface area contributed by atoms with Gasteiger partial charge in [0.05, 0.1) is 4.92 Å². The van der Waals surface area contributed by atoms with E-state index in [1.54, 1.807) is 25.1 Å². The highest BCUT2D eigenvalue weighted by Crippen LogP contribution is 2.61. The number of esters is 1. The van der Waals surface area contributed by atoms with Gasteiger partial charge in [0.15, 0.2) is 5.70 Å². The number of hydrogen-bond donors (Lipinski definition) is 0. The molecule has 0 unspecified atom stereocenters. The lowest BCUT2D eigenvalue weighted by molar-refractivity contribution is -0.385. The summed E-state index contributed by atoms with van der Waals surface area (Å²) in [7, 11) is 0. The summed E-state index contributed by atoms with van der Waals surface area (Å²) in [4.78, 5) is 27.8. The highest BCUT2D eigenvalue weighted by molar-refractivity contribution is 6.09. The van der Waals surface area contributed by atoms with Crippen molar-refractivity contribution in [3.05, 3.63) is 45.1 Å². The molecule has 27 heavy (non-hydrogen) atoms. The molecule has 4 fully saturated rings. The summed E-state index contributed by atoms with van der Waals surface area (Å²) >= 11 is 0. The van der Waals surface area contributed by atoms with Crippen molar-refractivity contribution < 1.29 is 14.5 Å². The number of carbonyl (C=O) groups is 1. The van der Waals surface area contributed by atoms with Crippen molar-refractivity contribution in [1.29, 1.82) is 0 Å². The Balaban J connectivity index is 1.47. The number of cyclic esters (lactones) is 1. The van der Waals surface area contributed by atoms with Crippen molar-refractivity contribution in [2.24, 2.45) is 28.2 Å². The van der Waals surface area contributed by atoms with Gasteiger partial charge in [-0.1, -0.05) is 12.1 Å². The van der Waals surface area contributed by atoms with Gasteiger partial charge in [-0.15, -0.1) is 0 Å². The second kappa shape index (κ2) is 5.75. The second-order valence-electron chi connectivity index (χ2n) is 8.84. The standard InChI is InChI=1S/C21H22N2O4/c1-12-2-3-13(8-18(12)23(25)26)7-17-19(24)27-20(22-17)21-9-14-4-15(10-21)6-16(5-14)11-21/h2-3,7-8,14-16H,4-6,9-11H2,1H3/b17-7-. The highest BCUT2D eigenvalue weighted by atomic mass is 16.6. The predicted molar refractivity (Wildman–Crippen MR) is 99.9 cm³/mol. The van der Waals surface area contributed by atoms with E-state index < -0.39 is 10.9 Å². The Hall–Kier alpha value is -2.50. The molecule has 4 bridgehead atoms. The summed E-state index contributed by atoms with van der Waals surface area (Å²) in [5, 5.41) is 11.2. The third-order valence-corrected chi connectivity index (χ3v) is 6.85. The summed E-state index contributed by atoms with van der Waals surface area (Å²) in [5.41, 5.74) is 1.41. The Morgan fingerprint density at radius 1 is 1.19 bits per heavy atom. The first kappa shape index (κ1) is 16.7. The lowest BCUT2D eigenvalue weighted by atomic mass is 9.49. The number of nitrogens with zero attached hydrogens (tertiary/aromatic N) is 2. The maximum absolute atomic E-state index is 12.4. The largest absolute Gasteiger partial charge is 0.406 e. The zero-order valence-corrected chi connectivity index (χ0v) is 15.3. The molecular weight excluding hydrogens is 344 g/mol. The molecular formula is C21H22N2O4. The molecule has 6 heteroatoms. The van der Waals surface area contributed by atoms with Crippen molar-refractivity contribution in [1.82, 2.24) is 0 Å². The van der Waals surface area contributed by atoms with Crippen LogP contribution in [0.5, 0.6) is 0 Å². The maximum atomic E-state index is 12.4. The van der Waals surface area contributed by atoms with E-state index in [1.807, 2.05) is 0 Å². The van der Waals surface area contributed by atoms with Crippen LogP contribution in [-0.4, -0.2) is 16.8 Å². The molecule has 5 aliphatic rings. The molecule has 1 heterocycles. The van der Waals surface area contributed by atoms with Gasteiger partial charge in [-0.3, -0.25) is 10.1 Å². The van der Waals surface area contributed by atoms with E-state index >= 15 is 0 Å². The summed E-state index contributed by atoms with van der Waals surface area (Å²) in [6.07, 6.45) is 8.78. The Labute approximate surface area is 157 Å². The molecule has 4 saturated carbocycles. The fraction of sp³-hybridized carbons (Fsp3) is 0.524. The first-order chi connectivity index (χ1) is 12.9. The van der Waals surface area contributed by atoms with Crippen LogP contribution in [0.4, 0.5) is 5.69 Å². The monoisotopic (exact) mass is 366 g/mol. The lowest BCUT2D eigenvalue weighted by Crippen LogP contribution is -2.50. The SMILES string of the molecule is Cc1ccc(/C=C2\N=C(C34CC5CC(CC(C5)C3)C4)OC2=O)cc1[N+](=O)[O-]. The van der Waals surface area contributed by atoms with Gasteiger partial charge in [0.1, 0.15) is 0 Å². The van der Waals surface area contributed by atoms with Gasteiger partial charge in [0.25, 0.3) is 5.69 Å². The van der Waals surface area contributed by atoms with Crippen LogP contribution in [0.3, 0.4) is 0 Å². The first-order valence-corrected chi connectivity index (χ1v) is 9.70. The van der Waals surface area contributed by atoms with Crippen LogP contribution in [-0.2, 0) is 9.53 Å². The number of ether oxygens (including phenoxy) is 1. The minimum absolute atomic E-state index is 0.0426. The predicted octanol–water partition coefficient (Wildman–Crippen LogP) is 4.42. The van der Waals surface area contributed by atoms with Crippen LogP contribution in [0.25, 0.3) is 6.08 Å². The summed E-state index contributed by atoms with van der Waals surface area (Å²) < 4.78 is 5.64. The maximum Gasteiger partial charge on any atom is 0.363 e. The van der Waals surface area contributed by atoms with Gasteiger partial charge in [-0.05, 0) is 74.8 Å². The Bertz CT molecular complexity index is 879. The molecule has 0 radical (unpaired) electrons. The number of nitro benzene ring substituents is 1. The molecule has 0 spiro atoms. The van der Waals surface area contributed by atoms with Crippen LogP contribution in [0, 0.1) is 40.2 Å². The third kappa shape index (κ3) is 2.69. The van der Waals surface area contributed by atoms with Crippen molar-refractivity contribution in [2.45, 2.75) is 45.4 Å². The van der Waals surface area contributed by atoms with E-state index in [2.05, 4.69) is 4.99 Å². The van der Waals surface area contributed by atoms with Crippen LogP contribution >= 0.6 is 0 Å². The van der Waals surface area contributed by atoms with E-state index in [9.17, 15) is 14.9 Å². The van der Waals surface area contributed by atoms with Crippen molar-refractivity contribution in [3.8, 4) is 0 Å². The summed E-state index contributed by atoms with van der Waals surface area (Å²) in [5.74, 6) is 2.38. The van der Waals surface area contributed by atoms with Crippen LogP contribution < -0.4 is 0 Å². The normalized spacial score (nSPS) is 35.4. The Morgan fingerprint density at radius 2 is 1.81 bits per heavy atom. The highest BCUT2D eigenvalue weighted by Gasteiger charge is 2.55. The number of rotatable bonds is 3. The topological polar surface area (TPSA) is 81.8 Å². The van der Waals surface area contributed by atoms with Crippen LogP contribution in [0.1, 0.15) is 49.7 Å². The van der Waals surface area contributed by atoms with Gasteiger partial charge in [0.2, 0.25) is 5.90 Å². The van der Waals surface area contributed by atoms with Gasteiger partial charge in [-0.2, -0.15) is 0 Å². The van der Waals surface area contributed by atoms with Gasteiger partial charge >= 0.3 is 5.97 Å². The lowest BCUT2D eigenvalue weighted by Gasteiger charge is -2.55. The molecule has 1 aromatic carbocycles. The zero-order valence-electron chi connectivity index (χ0n) is 15.3. The average molecular weight is 366 g/mol. The fourth-order valence-corrected chi connectivity index (χ4v) is 6.08. The number of carbonyl (C=O) groups excluding carboxylic acids is 1. The molecule has 0 atom stereocenters. The van der Waals surface area contributed by atoms with Crippen molar-refractivity contribution in [3.63, 3.8) is 0 Å². The van der Waals surface area contributed by atoms with Crippen molar-refractivity contribution >= 4 is 23.6 Å². The third-order valence-electron chi connectivity index (χ3n) is 6.85. The summed E-state index contributed by atoms with van der Waals surface area (Å²) in [6.45, 7) is 1.70. The van der Waals surface area contributed by atoms with E-state index in [1.165, 1.54) is 25.3 Å². The molecule has 140 valence electrons. The van der Waals surface area contributed by atoms with Crippen LogP contribution in [0.2, 0.25) is 0 Å². The zero-order chi connectivity index (χ0) is 18.8. The van der Waals surface area contributed by atoms with Crippen molar-refractivity contribution in [2.75, 3.05) is 0 Å². The van der Waals surface area contributed by atoms with Gasteiger partial charge in [0, 0.05) is 17.0 Å². The van der Waals surface area contributed by atoms with E-state index in [0.717, 1.165) is 37.0 Å². The first-order valence-electron chi connectivity index (χ1n) is 9.70. The van der Waals surface area contributed by atoms with E-state index in [0.29, 0.717) is 17.0 Å². The molecule has 0 aromatic heterocycles. The molecule has 6 nitrogen and oxygen atoms in total. The summed E-state index contributed by atoms with van der Waals surface area (Å²) in [6, 6.07) is 4.93. The number of benzene rings is 1. The quantitative estimate of drug-likeness (QED) is 0.343. The van der Waals surface area contributed by atoms with E-state index in [4.69, 9.17) is 4.74 Å². The molecule has 0 saturated heterocycles. The van der Waals surface area contributed by atoms with Gasteiger partial charge in [-0.25, -0.2) is 9.79 Å². The smallest absolute Gasteiger partial charge is 0.363 e. The molecule has 0 N–H and O–H groups in total. The molecule has 1 aliphatic heterocycles. The second-order valence-corrected chi connectivity index (χ2v) is 8.84. The van der Waals surface area contributed by atoms with Crippen LogP contribution in [0.15, 0.2) is 28.9 Å². The minimum atomic E-state index is -0.441. The average Bonchev–Trinajstić information content (AvgIpc) is 2.97. The number of aliphatic imine (C=N–C) groups is 1. The number of hydrogen-bond acceptors (Lipinski definition) is 5. The number of aryl methyl sites for hydroxylation is 1. The Morgan fingerprint density at radius 3 is 2.41 bits per heavy atom. The molecule has 6 rings (SSSR count). The molecule has 1 aromatic rings. The number of nitro groups is 1.